The van der Waals surface area contributed by atoms with Crippen LogP contribution in [0, 0.1) is 0 Å². The van der Waals surface area contributed by atoms with E-state index in [-0.39, 0.29) is 17.3 Å². The summed E-state index contributed by atoms with van der Waals surface area (Å²) in [7, 11) is 1.23. The number of methoxy groups -OCH3 is 1. The Bertz CT molecular complexity index is 415. The molecule has 0 amide bonds. The smallest absolute Gasteiger partial charge is 0.360 e. The van der Waals surface area contributed by atoms with Crippen LogP contribution in [0.15, 0.2) is 6.58 Å². The van der Waals surface area contributed by atoms with Gasteiger partial charge in [0.25, 0.3) is 0 Å². The molecule has 0 saturated heterocycles. The van der Waals surface area contributed by atoms with Crippen LogP contribution in [-0.2, 0) is 11.3 Å². The summed E-state index contributed by atoms with van der Waals surface area (Å²) in [6, 6.07) is 0. The lowest BCUT2D eigenvalue weighted by Crippen LogP contribution is -2.11. The highest BCUT2D eigenvalue weighted by Gasteiger charge is 2.21. The molecule has 1 unspecified atom stereocenters. The van der Waals surface area contributed by atoms with Gasteiger partial charge in [-0.25, -0.2) is 9.18 Å². The van der Waals surface area contributed by atoms with Crippen LogP contribution in [0.25, 0.3) is 6.08 Å². The lowest BCUT2D eigenvalue weighted by Gasteiger charge is -2.04. The second-order valence-electron chi connectivity index (χ2n) is 3.21. The van der Waals surface area contributed by atoms with Gasteiger partial charge in [0.05, 0.1) is 19.3 Å². The van der Waals surface area contributed by atoms with Crippen LogP contribution in [0.3, 0.4) is 0 Å². The van der Waals surface area contributed by atoms with Crippen molar-refractivity contribution < 1.29 is 13.9 Å². The van der Waals surface area contributed by atoms with Crippen LogP contribution in [0.4, 0.5) is 4.39 Å². The van der Waals surface area contributed by atoms with Crippen molar-refractivity contribution in [2.75, 3.05) is 7.11 Å². The van der Waals surface area contributed by atoms with Gasteiger partial charge in [0.15, 0.2) is 5.69 Å². The third-order valence-corrected chi connectivity index (χ3v) is 2.30. The van der Waals surface area contributed by atoms with Crippen LogP contribution in [-0.4, -0.2) is 29.0 Å². The molecular weight excluding hydrogens is 235 g/mol. The number of hydrogen-bond donors (Lipinski definition) is 0. The molecule has 4 nitrogen and oxygen atoms in total. The van der Waals surface area contributed by atoms with E-state index in [0.29, 0.717) is 5.69 Å². The molecule has 1 rings (SSSR count). The first-order valence-electron chi connectivity index (χ1n) is 4.62. The number of nitrogens with zero attached hydrogens (tertiary/aromatic N) is 2. The van der Waals surface area contributed by atoms with Crippen LogP contribution in [0.1, 0.15) is 23.1 Å². The molecule has 0 aliphatic rings. The number of hydrogen-bond acceptors (Lipinski definition) is 3. The molecule has 1 aromatic heterocycles. The Kier molecular flexibility index (Phi) is 4.06. The summed E-state index contributed by atoms with van der Waals surface area (Å²) in [6.45, 7) is 4.94. The zero-order chi connectivity index (χ0) is 12.3. The molecule has 0 aliphatic carbocycles. The van der Waals surface area contributed by atoms with Gasteiger partial charge in [-0.05, 0) is 13.0 Å². The number of carbonyl (C=O) groups is 1. The predicted octanol–water partition coefficient (Wildman–Crippen LogP) is 2.32. The summed E-state index contributed by atoms with van der Waals surface area (Å²) in [5.74, 6) is -0.654. The second-order valence-corrected chi connectivity index (χ2v) is 3.58. The summed E-state index contributed by atoms with van der Waals surface area (Å²) in [5.41, 5.74) is 0.381. The van der Waals surface area contributed by atoms with Crippen LogP contribution < -0.4 is 0 Å². The fourth-order valence-electron chi connectivity index (χ4n) is 1.25. The third kappa shape index (κ3) is 2.41. The maximum atomic E-state index is 12.9. The molecule has 1 atom stereocenters. The lowest BCUT2D eigenvalue weighted by molar-refractivity contribution is 0.0592. The number of carbonyl (C=O) groups excluding carboxylic acids is 1. The van der Waals surface area contributed by atoms with E-state index in [1.165, 1.54) is 24.8 Å². The van der Waals surface area contributed by atoms with Gasteiger partial charge in [0.1, 0.15) is 11.2 Å². The average molecular weight is 247 g/mol. The minimum absolute atomic E-state index is 0.0120. The van der Waals surface area contributed by atoms with Crippen molar-refractivity contribution in [1.29, 1.82) is 0 Å². The van der Waals surface area contributed by atoms with Crippen molar-refractivity contribution in [2.45, 2.75) is 19.6 Å². The first-order chi connectivity index (χ1) is 7.51. The van der Waals surface area contributed by atoms with E-state index in [0.717, 1.165) is 0 Å². The molecule has 6 heteroatoms. The fourth-order valence-corrected chi connectivity index (χ4v) is 1.54. The van der Waals surface area contributed by atoms with E-state index < -0.39 is 12.1 Å². The number of aromatic nitrogens is 2. The second kappa shape index (κ2) is 5.12. The first-order valence-corrected chi connectivity index (χ1v) is 5.00. The Labute approximate surface area is 97.6 Å². The summed E-state index contributed by atoms with van der Waals surface area (Å²) < 4.78 is 18.7. The Morgan fingerprint density at radius 1 is 1.81 bits per heavy atom. The summed E-state index contributed by atoms with van der Waals surface area (Å²) >= 11 is 5.91. The van der Waals surface area contributed by atoms with Crippen molar-refractivity contribution in [3.8, 4) is 0 Å². The largest absolute Gasteiger partial charge is 0.464 e. The topological polar surface area (TPSA) is 44.1 Å². The fraction of sp³-hybridized carbons (Fsp3) is 0.400. The van der Waals surface area contributed by atoms with Gasteiger partial charge in [0, 0.05) is 0 Å². The predicted molar refractivity (Wildman–Crippen MR) is 59.2 cm³/mol. The molecule has 16 heavy (non-hydrogen) atoms. The van der Waals surface area contributed by atoms with Crippen LogP contribution in [0.5, 0.6) is 0 Å². The van der Waals surface area contributed by atoms with E-state index >= 15 is 0 Å². The Morgan fingerprint density at radius 3 is 2.88 bits per heavy atom. The number of ether oxygens (including phenoxy) is 1. The van der Waals surface area contributed by atoms with Crippen molar-refractivity contribution in [3.05, 3.63) is 23.0 Å². The highest BCUT2D eigenvalue weighted by Crippen LogP contribution is 2.23. The number of alkyl halides is 1. The van der Waals surface area contributed by atoms with Gasteiger partial charge in [0.2, 0.25) is 0 Å². The monoisotopic (exact) mass is 246 g/mol. The standard InChI is InChI=1S/C10H12ClFN2O2/c1-4-7-8(11)9(10(15)16-3)13-14(7)5-6(2)12/h4,6H,1,5H2,2-3H3. The van der Waals surface area contributed by atoms with Crippen molar-refractivity contribution >= 4 is 23.6 Å². The SMILES string of the molecule is C=Cc1c(Cl)c(C(=O)OC)nn1CC(C)F. The Morgan fingerprint density at radius 2 is 2.44 bits per heavy atom. The molecule has 0 spiro atoms. The van der Waals surface area contributed by atoms with E-state index in [2.05, 4.69) is 16.4 Å². The van der Waals surface area contributed by atoms with Gasteiger partial charge in [-0.3, -0.25) is 4.68 Å². The molecule has 0 N–H and O–H groups in total. The number of halogens is 2. The van der Waals surface area contributed by atoms with E-state index in [4.69, 9.17) is 11.6 Å². The van der Waals surface area contributed by atoms with E-state index in [9.17, 15) is 9.18 Å². The highest BCUT2D eigenvalue weighted by molar-refractivity contribution is 6.34. The molecule has 1 heterocycles. The van der Waals surface area contributed by atoms with Gasteiger partial charge in [-0.15, -0.1) is 0 Å². The van der Waals surface area contributed by atoms with E-state index in [1.54, 1.807) is 0 Å². The lowest BCUT2D eigenvalue weighted by atomic mass is 10.3. The van der Waals surface area contributed by atoms with Crippen LogP contribution in [0.2, 0.25) is 5.02 Å². The van der Waals surface area contributed by atoms with Gasteiger partial charge in [-0.1, -0.05) is 18.2 Å². The molecular formula is C10H12ClFN2O2. The van der Waals surface area contributed by atoms with Gasteiger partial charge in [-0.2, -0.15) is 5.10 Å². The minimum atomic E-state index is -1.10. The van der Waals surface area contributed by atoms with Crippen LogP contribution >= 0.6 is 11.6 Å². The van der Waals surface area contributed by atoms with Crippen molar-refractivity contribution in [2.24, 2.45) is 0 Å². The first kappa shape index (κ1) is 12.7. The van der Waals surface area contributed by atoms with Gasteiger partial charge >= 0.3 is 5.97 Å². The third-order valence-electron chi connectivity index (χ3n) is 1.93. The molecule has 0 aromatic carbocycles. The van der Waals surface area contributed by atoms with Gasteiger partial charge < -0.3 is 4.74 Å². The van der Waals surface area contributed by atoms with Crippen molar-refractivity contribution in [3.63, 3.8) is 0 Å². The van der Waals surface area contributed by atoms with Crippen molar-refractivity contribution in [1.82, 2.24) is 9.78 Å². The maximum Gasteiger partial charge on any atom is 0.360 e. The normalized spacial score (nSPS) is 12.2. The molecule has 0 fully saturated rings. The molecule has 88 valence electrons. The Balaban J connectivity index is 3.19. The zero-order valence-corrected chi connectivity index (χ0v) is 9.79. The summed E-state index contributed by atoms with van der Waals surface area (Å²) in [6.07, 6.45) is 0.324. The summed E-state index contributed by atoms with van der Waals surface area (Å²) in [5, 5.41) is 4.02. The number of rotatable bonds is 4. The minimum Gasteiger partial charge on any atom is -0.464 e. The van der Waals surface area contributed by atoms with E-state index in [1.807, 2.05) is 0 Å². The highest BCUT2D eigenvalue weighted by atomic mass is 35.5. The Hall–Kier alpha value is -1.36. The average Bonchev–Trinajstić information content (AvgIpc) is 2.53. The molecule has 0 bridgehead atoms. The molecule has 0 aliphatic heterocycles. The summed E-state index contributed by atoms with van der Waals surface area (Å²) in [4.78, 5) is 11.3. The maximum absolute atomic E-state index is 12.9. The molecule has 0 radical (unpaired) electrons. The number of esters is 1. The zero-order valence-electron chi connectivity index (χ0n) is 9.04. The quantitative estimate of drug-likeness (QED) is 0.766. The molecule has 0 saturated carbocycles. The molecule has 1 aromatic rings.